The quantitative estimate of drug-likeness (QED) is 0.819. The Morgan fingerprint density at radius 3 is 2.59 bits per heavy atom. The molecule has 0 atom stereocenters. The summed E-state index contributed by atoms with van der Waals surface area (Å²) >= 11 is 0. The Morgan fingerprint density at radius 1 is 1.18 bits per heavy atom. The Hall–Kier alpha value is -1.36. The van der Waals surface area contributed by atoms with Gasteiger partial charge in [0.1, 0.15) is 0 Å². The summed E-state index contributed by atoms with van der Waals surface area (Å²) in [6.45, 7) is 1.02. The molecule has 0 spiro atoms. The minimum absolute atomic E-state index is 0.00628. The first-order valence-corrected chi connectivity index (χ1v) is 7.30. The molecule has 0 saturated carbocycles. The van der Waals surface area contributed by atoms with Gasteiger partial charge < -0.3 is 4.90 Å². The summed E-state index contributed by atoms with van der Waals surface area (Å²) in [5.41, 5.74) is 1.11. The Labute approximate surface area is 101 Å². The molecule has 92 valence electrons. The molecule has 1 fully saturated rings. The first kappa shape index (κ1) is 12.1. The highest BCUT2D eigenvalue weighted by atomic mass is 32.2. The largest absolute Gasteiger partial charge is 0.338 e. The number of sulfone groups is 1. The van der Waals surface area contributed by atoms with E-state index in [1.807, 2.05) is 30.3 Å². The van der Waals surface area contributed by atoms with Crippen molar-refractivity contribution >= 4 is 15.1 Å². The number of carbonyl (C=O) groups excluding carboxylic acids is 1. The van der Waals surface area contributed by atoms with Crippen molar-refractivity contribution in [1.29, 1.82) is 0 Å². The summed E-state index contributed by atoms with van der Waals surface area (Å²) in [6.07, 6.45) is 1.24. The Balaban J connectivity index is 1.98. The maximum Gasteiger partial charge on any atom is 0.338 e. The van der Waals surface area contributed by atoms with E-state index in [0.717, 1.165) is 5.56 Å². The maximum absolute atomic E-state index is 11.6. The third kappa shape index (κ3) is 2.85. The van der Waals surface area contributed by atoms with E-state index < -0.39 is 15.1 Å². The number of hydrogen-bond donors (Lipinski definition) is 0. The van der Waals surface area contributed by atoms with Crippen LogP contribution in [-0.2, 0) is 16.3 Å². The molecule has 1 aromatic rings. The SMILES string of the molecule is O=C1N(CCc2ccccc2)CCCS1(=O)=O. The molecule has 0 unspecified atom stereocenters. The normalized spacial score (nSPS) is 19.3. The van der Waals surface area contributed by atoms with E-state index in [2.05, 4.69) is 0 Å². The van der Waals surface area contributed by atoms with E-state index in [4.69, 9.17) is 0 Å². The Bertz CT molecular complexity index is 496. The fourth-order valence-corrected chi connectivity index (χ4v) is 3.19. The molecule has 0 N–H and O–H groups in total. The van der Waals surface area contributed by atoms with Crippen LogP contribution in [-0.4, -0.2) is 37.4 Å². The second-order valence-corrected chi connectivity index (χ2v) is 6.15. The summed E-state index contributed by atoms with van der Waals surface area (Å²) in [6, 6.07) is 9.75. The minimum atomic E-state index is -3.53. The molecule has 1 heterocycles. The third-order valence-corrected chi connectivity index (χ3v) is 4.50. The van der Waals surface area contributed by atoms with Gasteiger partial charge in [0.2, 0.25) is 9.84 Å². The monoisotopic (exact) mass is 253 g/mol. The van der Waals surface area contributed by atoms with Crippen LogP contribution < -0.4 is 0 Å². The van der Waals surface area contributed by atoms with E-state index in [1.54, 1.807) is 0 Å². The lowest BCUT2D eigenvalue weighted by Gasteiger charge is -2.26. The lowest BCUT2D eigenvalue weighted by atomic mass is 10.1. The van der Waals surface area contributed by atoms with Gasteiger partial charge in [-0.25, -0.2) is 8.42 Å². The number of amides is 1. The third-order valence-electron chi connectivity index (χ3n) is 2.88. The molecule has 5 heteroatoms. The number of carbonyl (C=O) groups is 1. The van der Waals surface area contributed by atoms with Crippen LogP contribution in [0.25, 0.3) is 0 Å². The second-order valence-electron chi connectivity index (χ2n) is 4.16. The second kappa shape index (κ2) is 4.87. The molecule has 0 aliphatic carbocycles. The maximum atomic E-state index is 11.6. The van der Waals surface area contributed by atoms with Gasteiger partial charge in [-0.1, -0.05) is 30.3 Å². The molecule has 1 aliphatic heterocycles. The summed E-state index contributed by atoms with van der Waals surface area (Å²) in [5, 5.41) is -0.709. The highest BCUT2D eigenvalue weighted by molar-refractivity contribution is 8.06. The molecule has 2 rings (SSSR count). The van der Waals surface area contributed by atoms with Crippen molar-refractivity contribution in [3.05, 3.63) is 35.9 Å². The van der Waals surface area contributed by atoms with Gasteiger partial charge in [0, 0.05) is 13.1 Å². The first-order chi connectivity index (χ1) is 8.09. The van der Waals surface area contributed by atoms with Crippen molar-refractivity contribution in [2.24, 2.45) is 0 Å². The molecule has 0 radical (unpaired) electrons. The minimum Gasteiger partial charge on any atom is -0.329 e. The van der Waals surface area contributed by atoms with Gasteiger partial charge in [0.15, 0.2) is 0 Å². The molecule has 1 amide bonds. The van der Waals surface area contributed by atoms with E-state index >= 15 is 0 Å². The van der Waals surface area contributed by atoms with Gasteiger partial charge in [-0.2, -0.15) is 0 Å². The van der Waals surface area contributed by atoms with Crippen molar-refractivity contribution in [2.75, 3.05) is 18.8 Å². The molecule has 1 saturated heterocycles. The zero-order chi connectivity index (χ0) is 12.3. The van der Waals surface area contributed by atoms with Crippen molar-refractivity contribution in [3.63, 3.8) is 0 Å². The average molecular weight is 253 g/mol. The fraction of sp³-hybridized carbons (Fsp3) is 0.417. The molecule has 1 aliphatic rings. The summed E-state index contributed by atoms with van der Waals surface area (Å²) in [4.78, 5) is 13.0. The van der Waals surface area contributed by atoms with Gasteiger partial charge in [0.05, 0.1) is 5.75 Å². The number of benzene rings is 1. The fourth-order valence-electron chi connectivity index (χ4n) is 1.93. The van der Waals surface area contributed by atoms with Crippen LogP contribution in [0.3, 0.4) is 0 Å². The predicted molar refractivity (Wildman–Crippen MR) is 65.5 cm³/mol. The van der Waals surface area contributed by atoms with E-state index in [-0.39, 0.29) is 5.75 Å². The average Bonchev–Trinajstić information content (AvgIpc) is 2.32. The molecule has 1 aromatic carbocycles. The number of hydrogen-bond acceptors (Lipinski definition) is 3. The van der Waals surface area contributed by atoms with Gasteiger partial charge in [-0.3, -0.25) is 4.79 Å². The van der Waals surface area contributed by atoms with Gasteiger partial charge in [0.25, 0.3) is 0 Å². The van der Waals surface area contributed by atoms with Crippen molar-refractivity contribution in [2.45, 2.75) is 12.8 Å². The van der Waals surface area contributed by atoms with Gasteiger partial charge in [-0.15, -0.1) is 0 Å². The molecule has 0 bridgehead atoms. The first-order valence-electron chi connectivity index (χ1n) is 5.65. The van der Waals surface area contributed by atoms with Crippen LogP contribution in [0.5, 0.6) is 0 Å². The zero-order valence-electron chi connectivity index (χ0n) is 9.50. The Kier molecular flexibility index (Phi) is 3.47. The molecular weight excluding hydrogens is 238 g/mol. The highest BCUT2D eigenvalue weighted by Crippen LogP contribution is 2.12. The predicted octanol–water partition coefficient (Wildman–Crippen LogP) is 1.47. The molecular formula is C12H15NO3S. The van der Waals surface area contributed by atoms with Crippen LogP contribution in [0.4, 0.5) is 4.79 Å². The van der Waals surface area contributed by atoms with E-state index in [9.17, 15) is 13.2 Å². The van der Waals surface area contributed by atoms with Gasteiger partial charge >= 0.3 is 5.24 Å². The van der Waals surface area contributed by atoms with E-state index in [1.165, 1.54) is 4.90 Å². The lowest BCUT2D eigenvalue weighted by Crippen LogP contribution is -2.43. The van der Waals surface area contributed by atoms with Crippen LogP contribution in [0.15, 0.2) is 30.3 Å². The summed E-state index contributed by atoms with van der Waals surface area (Å²) in [7, 11) is -3.53. The van der Waals surface area contributed by atoms with Crippen molar-refractivity contribution in [3.8, 4) is 0 Å². The van der Waals surface area contributed by atoms with Crippen LogP contribution >= 0.6 is 0 Å². The highest BCUT2D eigenvalue weighted by Gasteiger charge is 2.31. The van der Waals surface area contributed by atoms with Gasteiger partial charge in [-0.05, 0) is 18.4 Å². The standard InChI is InChI=1S/C12H15NO3S/c14-12-13(8-4-10-17(12,15)16)9-7-11-5-2-1-3-6-11/h1-3,5-6H,4,7-10H2. The van der Waals surface area contributed by atoms with Crippen LogP contribution in [0, 0.1) is 0 Å². The molecule has 17 heavy (non-hydrogen) atoms. The van der Waals surface area contributed by atoms with Crippen LogP contribution in [0.2, 0.25) is 0 Å². The lowest BCUT2D eigenvalue weighted by molar-refractivity contribution is 0.218. The summed E-state index contributed by atoms with van der Waals surface area (Å²) < 4.78 is 22.8. The summed E-state index contributed by atoms with van der Waals surface area (Å²) in [5.74, 6) is -0.00628. The smallest absolute Gasteiger partial charge is 0.329 e. The number of rotatable bonds is 3. The van der Waals surface area contributed by atoms with Crippen molar-refractivity contribution < 1.29 is 13.2 Å². The number of nitrogens with zero attached hydrogens (tertiary/aromatic N) is 1. The zero-order valence-corrected chi connectivity index (χ0v) is 10.3. The Morgan fingerprint density at radius 2 is 1.88 bits per heavy atom. The molecule has 4 nitrogen and oxygen atoms in total. The topological polar surface area (TPSA) is 54.5 Å². The van der Waals surface area contributed by atoms with Crippen molar-refractivity contribution in [1.82, 2.24) is 4.90 Å². The molecule has 0 aromatic heterocycles. The van der Waals surface area contributed by atoms with E-state index in [0.29, 0.717) is 25.9 Å². The van der Waals surface area contributed by atoms with Crippen LogP contribution in [0.1, 0.15) is 12.0 Å².